The Bertz CT molecular complexity index is 623. The molecule has 1 atom stereocenters. The summed E-state index contributed by atoms with van der Waals surface area (Å²) >= 11 is 0. The maximum Gasteiger partial charge on any atom is 0.203 e. The highest BCUT2D eigenvalue weighted by molar-refractivity contribution is 5.45. The number of nitrogens with one attached hydrogen (secondary N) is 1. The van der Waals surface area contributed by atoms with Gasteiger partial charge in [-0.25, -0.2) is 9.67 Å². The number of rotatable bonds is 3. The minimum Gasteiger partial charge on any atom is -0.381 e. The van der Waals surface area contributed by atoms with Crippen LogP contribution in [-0.2, 0) is 4.74 Å². The Morgan fingerprint density at radius 3 is 2.86 bits per heavy atom. The van der Waals surface area contributed by atoms with Crippen molar-refractivity contribution in [3.05, 3.63) is 12.0 Å². The molecule has 2 aliphatic rings. The summed E-state index contributed by atoms with van der Waals surface area (Å²) in [5, 5.41) is 15.8. The molecule has 2 aromatic heterocycles. The molecule has 0 spiro atoms. The molecule has 8 heteroatoms. The van der Waals surface area contributed by atoms with E-state index in [1.165, 1.54) is 0 Å². The SMILES string of the molecule is NC1CCC(n2cc(-c3n[nH]c(C4CCOC4)n3)nn2)CC1. The number of hydrogen-bond donors (Lipinski definition) is 2. The number of H-pyrrole nitrogens is 1. The van der Waals surface area contributed by atoms with Gasteiger partial charge in [-0.3, -0.25) is 5.10 Å². The second kappa shape index (κ2) is 5.77. The molecule has 1 saturated carbocycles. The van der Waals surface area contributed by atoms with E-state index in [1.54, 1.807) is 0 Å². The van der Waals surface area contributed by atoms with Crippen LogP contribution in [0, 0.1) is 0 Å². The van der Waals surface area contributed by atoms with Crippen molar-refractivity contribution in [2.45, 2.75) is 50.1 Å². The highest BCUT2D eigenvalue weighted by Gasteiger charge is 2.24. The van der Waals surface area contributed by atoms with E-state index in [9.17, 15) is 0 Å². The monoisotopic (exact) mass is 303 g/mol. The zero-order chi connectivity index (χ0) is 14.9. The molecule has 22 heavy (non-hydrogen) atoms. The van der Waals surface area contributed by atoms with Gasteiger partial charge in [0.05, 0.1) is 18.8 Å². The molecule has 1 aliphatic carbocycles. The van der Waals surface area contributed by atoms with Gasteiger partial charge >= 0.3 is 0 Å². The van der Waals surface area contributed by atoms with Gasteiger partial charge in [0, 0.05) is 18.6 Å². The van der Waals surface area contributed by atoms with Crippen molar-refractivity contribution < 1.29 is 4.74 Å². The molecular weight excluding hydrogens is 282 g/mol. The van der Waals surface area contributed by atoms with Crippen molar-refractivity contribution in [1.82, 2.24) is 30.2 Å². The molecule has 118 valence electrons. The van der Waals surface area contributed by atoms with E-state index in [0.717, 1.165) is 50.2 Å². The second-order valence-corrected chi connectivity index (χ2v) is 6.26. The van der Waals surface area contributed by atoms with Crippen molar-refractivity contribution in [3.8, 4) is 11.5 Å². The van der Waals surface area contributed by atoms with Crippen LogP contribution in [0.25, 0.3) is 11.5 Å². The summed E-state index contributed by atoms with van der Waals surface area (Å²) in [5.74, 6) is 1.81. The lowest BCUT2D eigenvalue weighted by molar-refractivity contribution is 0.193. The number of ether oxygens (including phenoxy) is 1. The fourth-order valence-electron chi connectivity index (χ4n) is 3.25. The molecule has 0 aromatic carbocycles. The predicted molar refractivity (Wildman–Crippen MR) is 79.1 cm³/mol. The van der Waals surface area contributed by atoms with Crippen LogP contribution in [0.5, 0.6) is 0 Å². The summed E-state index contributed by atoms with van der Waals surface area (Å²) in [6.45, 7) is 1.50. The number of aromatic nitrogens is 6. The standard InChI is InChI=1S/C14H21N7O/c15-10-1-3-11(4-2-10)21-7-12(17-20-21)14-16-13(18-19-14)9-5-6-22-8-9/h7,9-11H,1-6,8,15H2,(H,16,18,19). The van der Waals surface area contributed by atoms with Gasteiger partial charge in [-0.1, -0.05) is 5.21 Å². The van der Waals surface area contributed by atoms with Crippen LogP contribution in [0.2, 0.25) is 0 Å². The lowest BCUT2D eigenvalue weighted by Crippen LogP contribution is -2.28. The zero-order valence-electron chi connectivity index (χ0n) is 12.5. The van der Waals surface area contributed by atoms with Crippen molar-refractivity contribution in [1.29, 1.82) is 0 Å². The van der Waals surface area contributed by atoms with E-state index >= 15 is 0 Å². The molecule has 0 radical (unpaired) electrons. The average Bonchev–Trinajstić information content (AvgIpc) is 3.27. The van der Waals surface area contributed by atoms with Crippen molar-refractivity contribution in [2.75, 3.05) is 13.2 Å². The van der Waals surface area contributed by atoms with Crippen LogP contribution in [0.1, 0.15) is 49.9 Å². The summed E-state index contributed by atoms with van der Waals surface area (Å²) in [4.78, 5) is 4.55. The van der Waals surface area contributed by atoms with Crippen LogP contribution < -0.4 is 5.73 Å². The normalized spacial score (nSPS) is 29.0. The molecule has 3 N–H and O–H groups in total. The molecular formula is C14H21N7O. The van der Waals surface area contributed by atoms with Crippen LogP contribution in [-0.4, -0.2) is 49.4 Å². The van der Waals surface area contributed by atoms with Gasteiger partial charge in [0.25, 0.3) is 0 Å². The maximum atomic E-state index is 5.95. The second-order valence-electron chi connectivity index (χ2n) is 6.26. The first kappa shape index (κ1) is 13.8. The first-order valence-corrected chi connectivity index (χ1v) is 7.97. The van der Waals surface area contributed by atoms with Crippen molar-refractivity contribution in [3.63, 3.8) is 0 Å². The summed E-state index contributed by atoms with van der Waals surface area (Å²) in [6, 6.07) is 0.728. The van der Waals surface area contributed by atoms with Crippen molar-refractivity contribution >= 4 is 0 Å². The number of hydrogen-bond acceptors (Lipinski definition) is 6. The number of nitrogens with two attached hydrogens (primary N) is 1. The van der Waals surface area contributed by atoms with E-state index in [-0.39, 0.29) is 0 Å². The van der Waals surface area contributed by atoms with Gasteiger partial charge in [-0.05, 0) is 32.1 Å². The van der Waals surface area contributed by atoms with E-state index in [2.05, 4.69) is 25.5 Å². The molecule has 2 aromatic rings. The summed E-state index contributed by atoms with van der Waals surface area (Å²) in [5.41, 5.74) is 6.67. The number of nitrogens with zero attached hydrogens (tertiary/aromatic N) is 5. The van der Waals surface area contributed by atoms with Gasteiger partial charge in [-0.15, -0.1) is 5.10 Å². The molecule has 0 amide bonds. The van der Waals surface area contributed by atoms with E-state index in [0.29, 0.717) is 30.4 Å². The fraction of sp³-hybridized carbons (Fsp3) is 0.714. The van der Waals surface area contributed by atoms with Crippen LogP contribution in [0.4, 0.5) is 0 Å². The first-order chi connectivity index (χ1) is 10.8. The van der Waals surface area contributed by atoms with Gasteiger partial charge in [0.1, 0.15) is 5.82 Å². The van der Waals surface area contributed by atoms with Crippen LogP contribution in [0.15, 0.2) is 6.20 Å². The first-order valence-electron chi connectivity index (χ1n) is 7.97. The quantitative estimate of drug-likeness (QED) is 0.876. The maximum absolute atomic E-state index is 5.95. The Labute approximate surface area is 128 Å². The van der Waals surface area contributed by atoms with Gasteiger partial charge in [0.15, 0.2) is 5.69 Å². The molecule has 2 fully saturated rings. The zero-order valence-corrected chi connectivity index (χ0v) is 12.5. The van der Waals surface area contributed by atoms with E-state index in [4.69, 9.17) is 10.5 Å². The van der Waals surface area contributed by atoms with E-state index in [1.807, 2.05) is 10.9 Å². The molecule has 1 unspecified atom stereocenters. The third-order valence-electron chi connectivity index (χ3n) is 4.67. The van der Waals surface area contributed by atoms with E-state index < -0.39 is 0 Å². The van der Waals surface area contributed by atoms with Gasteiger partial charge < -0.3 is 10.5 Å². The van der Waals surface area contributed by atoms with Gasteiger partial charge in [0.2, 0.25) is 5.82 Å². The fourth-order valence-corrected chi connectivity index (χ4v) is 3.25. The molecule has 1 saturated heterocycles. The molecule has 3 heterocycles. The minimum atomic E-state index is 0.316. The summed E-state index contributed by atoms with van der Waals surface area (Å²) < 4.78 is 7.33. The average molecular weight is 303 g/mol. The smallest absolute Gasteiger partial charge is 0.203 e. The summed E-state index contributed by atoms with van der Waals surface area (Å²) in [6.07, 6.45) is 7.15. The number of aromatic amines is 1. The Morgan fingerprint density at radius 1 is 1.23 bits per heavy atom. The predicted octanol–water partition coefficient (Wildman–Crippen LogP) is 1.01. The van der Waals surface area contributed by atoms with Crippen molar-refractivity contribution in [2.24, 2.45) is 5.73 Å². The van der Waals surface area contributed by atoms with Crippen LogP contribution >= 0.6 is 0 Å². The molecule has 8 nitrogen and oxygen atoms in total. The van der Waals surface area contributed by atoms with Gasteiger partial charge in [-0.2, -0.15) is 5.10 Å². The highest BCUT2D eigenvalue weighted by atomic mass is 16.5. The lowest BCUT2D eigenvalue weighted by Gasteiger charge is -2.25. The molecule has 4 rings (SSSR count). The Kier molecular flexibility index (Phi) is 3.63. The lowest BCUT2D eigenvalue weighted by atomic mass is 9.92. The highest BCUT2D eigenvalue weighted by Crippen LogP contribution is 2.28. The third kappa shape index (κ3) is 2.64. The Balaban J connectivity index is 1.49. The summed E-state index contributed by atoms with van der Waals surface area (Å²) in [7, 11) is 0. The molecule has 1 aliphatic heterocycles. The molecule has 0 bridgehead atoms. The topological polar surface area (TPSA) is 108 Å². The third-order valence-corrected chi connectivity index (χ3v) is 4.67. The Morgan fingerprint density at radius 2 is 2.09 bits per heavy atom. The Hall–Kier alpha value is -1.80. The minimum absolute atomic E-state index is 0.316. The largest absolute Gasteiger partial charge is 0.381 e. The van der Waals surface area contributed by atoms with Crippen LogP contribution in [0.3, 0.4) is 0 Å².